The number of hydrogen-bond donors (Lipinski definition) is 0. The molecule has 2 saturated carbocycles. The number of nitriles is 1. The first-order valence-electron chi connectivity index (χ1n) is 7.35. The summed E-state index contributed by atoms with van der Waals surface area (Å²) < 4.78 is 0. The van der Waals surface area contributed by atoms with Crippen molar-refractivity contribution < 1.29 is 4.79 Å². The topological polar surface area (TPSA) is 47.3 Å². The molecule has 0 aliphatic heterocycles. The van der Waals surface area contributed by atoms with Gasteiger partial charge in [0.15, 0.2) is 0 Å². The van der Waals surface area contributed by atoms with Gasteiger partial charge in [0, 0.05) is 19.0 Å². The molecule has 106 valence electrons. The Hall–Kier alpha value is -1.08. The maximum atomic E-state index is 12.4. The van der Waals surface area contributed by atoms with Gasteiger partial charge in [-0.15, -0.1) is 0 Å². The molecule has 0 heterocycles. The van der Waals surface area contributed by atoms with Gasteiger partial charge >= 0.3 is 0 Å². The molecule has 4 heteroatoms. The molecule has 0 atom stereocenters. The van der Waals surface area contributed by atoms with Crippen molar-refractivity contribution in [2.75, 3.05) is 21.1 Å². The molecule has 1 amide bonds. The lowest BCUT2D eigenvalue weighted by atomic mass is 9.75. The Kier molecular flexibility index (Phi) is 4.15. The van der Waals surface area contributed by atoms with Crippen molar-refractivity contribution in [2.45, 2.75) is 56.5 Å². The lowest BCUT2D eigenvalue weighted by Crippen LogP contribution is -2.49. The van der Waals surface area contributed by atoms with E-state index in [1.165, 1.54) is 6.42 Å². The molecule has 0 saturated heterocycles. The van der Waals surface area contributed by atoms with E-state index >= 15 is 0 Å². The second-order valence-electron chi connectivity index (χ2n) is 6.35. The second-order valence-corrected chi connectivity index (χ2v) is 6.35. The van der Waals surface area contributed by atoms with Crippen molar-refractivity contribution in [3.8, 4) is 6.07 Å². The Labute approximate surface area is 116 Å². The van der Waals surface area contributed by atoms with Crippen molar-refractivity contribution in [3.05, 3.63) is 0 Å². The van der Waals surface area contributed by atoms with Crippen molar-refractivity contribution >= 4 is 5.91 Å². The van der Waals surface area contributed by atoms with E-state index in [1.54, 1.807) is 0 Å². The largest absolute Gasteiger partial charge is 0.343 e. The first-order chi connectivity index (χ1) is 9.00. The van der Waals surface area contributed by atoms with Gasteiger partial charge in [-0.05, 0) is 59.0 Å². The molecular weight excluding hydrogens is 238 g/mol. The molecule has 0 radical (unpaired) electrons. The second kappa shape index (κ2) is 5.50. The molecule has 0 aromatic carbocycles. The van der Waals surface area contributed by atoms with E-state index in [1.807, 2.05) is 30.9 Å². The Bertz CT molecular complexity index is 373. The predicted octanol–water partition coefficient (Wildman–Crippen LogP) is 2.01. The third kappa shape index (κ3) is 2.62. The summed E-state index contributed by atoms with van der Waals surface area (Å²) in [7, 11) is 5.88. The van der Waals surface area contributed by atoms with Gasteiger partial charge in [0.25, 0.3) is 0 Å². The molecular formula is C15H25N3O. The Morgan fingerprint density at radius 2 is 1.74 bits per heavy atom. The van der Waals surface area contributed by atoms with Crippen LogP contribution in [0, 0.1) is 17.2 Å². The van der Waals surface area contributed by atoms with E-state index in [9.17, 15) is 10.1 Å². The van der Waals surface area contributed by atoms with Crippen LogP contribution in [0.1, 0.15) is 44.9 Å². The summed E-state index contributed by atoms with van der Waals surface area (Å²) in [6, 6.07) is 2.93. The predicted molar refractivity (Wildman–Crippen MR) is 74.4 cm³/mol. The van der Waals surface area contributed by atoms with Crippen LogP contribution >= 0.6 is 0 Å². The minimum absolute atomic E-state index is 0.132. The van der Waals surface area contributed by atoms with Gasteiger partial charge in [-0.1, -0.05) is 0 Å². The fourth-order valence-electron chi connectivity index (χ4n) is 3.24. The smallest absolute Gasteiger partial charge is 0.225 e. The van der Waals surface area contributed by atoms with Crippen molar-refractivity contribution in [1.82, 2.24) is 9.80 Å². The fraction of sp³-hybridized carbons (Fsp3) is 0.867. The highest BCUT2D eigenvalue weighted by Gasteiger charge is 2.40. The van der Waals surface area contributed by atoms with Crippen LogP contribution in [0.3, 0.4) is 0 Å². The summed E-state index contributed by atoms with van der Waals surface area (Å²) in [4.78, 5) is 16.4. The van der Waals surface area contributed by atoms with E-state index < -0.39 is 0 Å². The summed E-state index contributed by atoms with van der Waals surface area (Å²) in [6.07, 6.45) is 6.90. The van der Waals surface area contributed by atoms with Crippen LogP contribution in [-0.4, -0.2) is 48.4 Å². The minimum atomic E-state index is -0.355. The molecule has 4 nitrogen and oxygen atoms in total. The Morgan fingerprint density at radius 1 is 1.16 bits per heavy atom. The number of amides is 1. The highest BCUT2D eigenvalue weighted by Crippen LogP contribution is 2.36. The van der Waals surface area contributed by atoms with Gasteiger partial charge in [-0.3, -0.25) is 9.69 Å². The lowest BCUT2D eigenvalue weighted by molar-refractivity contribution is -0.139. The molecule has 2 fully saturated rings. The average molecular weight is 263 g/mol. The zero-order valence-corrected chi connectivity index (χ0v) is 12.4. The van der Waals surface area contributed by atoms with Crippen LogP contribution < -0.4 is 0 Å². The van der Waals surface area contributed by atoms with E-state index in [0.717, 1.165) is 38.5 Å². The van der Waals surface area contributed by atoms with Crippen molar-refractivity contribution in [2.24, 2.45) is 5.92 Å². The van der Waals surface area contributed by atoms with Gasteiger partial charge in [0.2, 0.25) is 5.91 Å². The zero-order chi connectivity index (χ0) is 14.0. The van der Waals surface area contributed by atoms with Crippen LogP contribution in [0.5, 0.6) is 0 Å². The zero-order valence-electron chi connectivity index (χ0n) is 12.4. The maximum absolute atomic E-state index is 12.4. The highest BCUT2D eigenvalue weighted by molar-refractivity contribution is 5.79. The van der Waals surface area contributed by atoms with E-state index in [-0.39, 0.29) is 11.5 Å². The minimum Gasteiger partial charge on any atom is -0.343 e. The molecule has 0 aromatic heterocycles. The number of nitrogens with zero attached hydrogens (tertiary/aromatic N) is 3. The normalized spacial score (nSPS) is 31.6. The molecule has 19 heavy (non-hydrogen) atoms. The molecule has 0 aromatic rings. The van der Waals surface area contributed by atoms with Crippen molar-refractivity contribution in [3.63, 3.8) is 0 Å². The molecule has 0 spiro atoms. The molecule has 2 rings (SSSR count). The van der Waals surface area contributed by atoms with Crippen LogP contribution in [0.25, 0.3) is 0 Å². The average Bonchev–Trinajstić information content (AvgIpc) is 2.35. The van der Waals surface area contributed by atoms with E-state index in [2.05, 4.69) is 6.07 Å². The Morgan fingerprint density at radius 3 is 2.11 bits per heavy atom. The van der Waals surface area contributed by atoms with Crippen LogP contribution in [-0.2, 0) is 4.79 Å². The molecule has 0 N–H and O–H groups in total. The Balaban J connectivity index is 1.92. The molecule has 0 bridgehead atoms. The van der Waals surface area contributed by atoms with Gasteiger partial charge in [-0.25, -0.2) is 0 Å². The van der Waals surface area contributed by atoms with Gasteiger partial charge in [0.05, 0.1) is 6.07 Å². The number of carbonyl (C=O) groups is 1. The maximum Gasteiger partial charge on any atom is 0.225 e. The van der Waals surface area contributed by atoms with Gasteiger partial charge in [-0.2, -0.15) is 5.26 Å². The first-order valence-corrected chi connectivity index (χ1v) is 7.35. The van der Waals surface area contributed by atoms with Crippen LogP contribution in [0.4, 0.5) is 0 Å². The summed E-state index contributed by atoms with van der Waals surface area (Å²) in [5, 5.41) is 9.39. The third-order valence-corrected chi connectivity index (χ3v) is 5.20. The summed E-state index contributed by atoms with van der Waals surface area (Å²) in [5.74, 6) is 0.432. The van der Waals surface area contributed by atoms with Gasteiger partial charge < -0.3 is 4.90 Å². The fourth-order valence-corrected chi connectivity index (χ4v) is 3.24. The van der Waals surface area contributed by atoms with Crippen molar-refractivity contribution in [1.29, 1.82) is 5.26 Å². The highest BCUT2D eigenvalue weighted by atomic mass is 16.2. The number of hydrogen-bond acceptors (Lipinski definition) is 3. The summed E-state index contributed by atoms with van der Waals surface area (Å²) in [6.45, 7) is 0. The summed E-state index contributed by atoms with van der Waals surface area (Å²) >= 11 is 0. The molecule has 2 aliphatic rings. The van der Waals surface area contributed by atoms with E-state index in [4.69, 9.17) is 0 Å². The van der Waals surface area contributed by atoms with Crippen LogP contribution in [0.2, 0.25) is 0 Å². The molecule has 0 unspecified atom stereocenters. The third-order valence-electron chi connectivity index (χ3n) is 5.20. The molecule has 2 aliphatic carbocycles. The summed E-state index contributed by atoms with van der Waals surface area (Å²) in [5.41, 5.74) is -0.355. The SMILES string of the molecule is CN(C(=O)C1CCC(C#N)(N(C)C)CC1)C1CCC1. The van der Waals surface area contributed by atoms with Crippen LogP contribution in [0.15, 0.2) is 0 Å². The number of rotatable bonds is 3. The van der Waals surface area contributed by atoms with Gasteiger partial charge in [0.1, 0.15) is 5.54 Å². The monoisotopic (exact) mass is 263 g/mol. The number of carbonyl (C=O) groups excluding carboxylic acids is 1. The lowest BCUT2D eigenvalue weighted by Gasteiger charge is -2.42. The quantitative estimate of drug-likeness (QED) is 0.782. The standard InChI is InChI=1S/C15H25N3O/c1-17(2)15(11-16)9-7-12(8-10-15)14(19)18(3)13-5-4-6-13/h12-13H,4-10H2,1-3H3. The first kappa shape index (κ1) is 14.3. The van der Waals surface area contributed by atoms with E-state index in [0.29, 0.717) is 11.9 Å².